The summed E-state index contributed by atoms with van der Waals surface area (Å²) >= 11 is 0. The second-order valence-electron chi connectivity index (χ2n) is 3.23. The number of aliphatic imine (C=N–C) groups is 1. The van der Waals surface area contributed by atoms with Crippen molar-refractivity contribution in [3.63, 3.8) is 0 Å². The van der Waals surface area contributed by atoms with Crippen LogP contribution in [0.5, 0.6) is 0 Å². The van der Waals surface area contributed by atoms with Crippen LogP contribution in [0.2, 0.25) is 0 Å². The van der Waals surface area contributed by atoms with Crippen molar-refractivity contribution >= 4 is 6.34 Å². The molecule has 0 aliphatic rings. The molecule has 0 bridgehead atoms. The van der Waals surface area contributed by atoms with Gasteiger partial charge in [0.15, 0.2) is 0 Å². The zero-order chi connectivity index (χ0) is 9.68. The summed E-state index contributed by atoms with van der Waals surface area (Å²) in [5.41, 5.74) is 2.18. The van der Waals surface area contributed by atoms with Crippen molar-refractivity contribution in [2.75, 3.05) is 14.1 Å². The van der Waals surface area contributed by atoms with Crippen LogP contribution in [0, 0.1) is 6.92 Å². The molecule has 0 saturated carbocycles. The van der Waals surface area contributed by atoms with E-state index < -0.39 is 0 Å². The van der Waals surface area contributed by atoms with Gasteiger partial charge in [-0.1, -0.05) is 6.07 Å². The van der Waals surface area contributed by atoms with Gasteiger partial charge in [0, 0.05) is 26.0 Å². The first-order chi connectivity index (χ1) is 6.18. The quantitative estimate of drug-likeness (QED) is 0.517. The van der Waals surface area contributed by atoms with Crippen LogP contribution in [-0.2, 0) is 6.54 Å². The van der Waals surface area contributed by atoms with Crippen LogP contribution in [0.3, 0.4) is 0 Å². The van der Waals surface area contributed by atoms with Gasteiger partial charge in [-0.2, -0.15) is 0 Å². The second-order valence-corrected chi connectivity index (χ2v) is 3.23. The number of aryl methyl sites for hydroxylation is 1. The molecule has 0 spiro atoms. The van der Waals surface area contributed by atoms with E-state index in [2.05, 4.69) is 16.0 Å². The number of rotatable bonds is 3. The minimum Gasteiger partial charge on any atom is -0.369 e. The fourth-order valence-corrected chi connectivity index (χ4v) is 0.901. The molecule has 1 aromatic heterocycles. The van der Waals surface area contributed by atoms with Crippen molar-refractivity contribution in [3.05, 3.63) is 29.6 Å². The Balaban J connectivity index is 2.50. The molecule has 0 aromatic carbocycles. The molecule has 70 valence electrons. The Labute approximate surface area is 79.1 Å². The SMILES string of the molecule is Cc1ccc(CN=CN(C)C)cn1. The monoisotopic (exact) mass is 177 g/mol. The fourth-order valence-electron chi connectivity index (χ4n) is 0.901. The van der Waals surface area contributed by atoms with Gasteiger partial charge in [-0.25, -0.2) is 0 Å². The van der Waals surface area contributed by atoms with E-state index in [0.29, 0.717) is 6.54 Å². The Kier molecular flexibility index (Phi) is 3.43. The highest BCUT2D eigenvalue weighted by Crippen LogP contribution is 2.00. The average Bonchev–Trinajstić information content (AvgIpc) is 2.08. The Bertz CT molecular complexity index is 275. The molecular formula is C10H15N3. The van der Waals surface area contributed by atoms with Crippen LogP contribution in [0.4, 0.5) is 0 Å². The summed E-state index contributed by atoms with van der Waals surface area (Å²) < 4.78 is 0. The molecule has 3 heteroatoms. The Morgan fingerprint density at radius 2 is 2.23 bits per heavy atom. The van der Waals surface area contributed by atoms with Gasteiger partial charge >= 0.3 is 0 Å². The highest BCUT2D eigenvalue weighted by molar-refractivity contribution is 5.53. The Morgan fingerprint density at radius 3 is 2.77 bits per heavy atom. The van der Waals surface area contributed by atoms with Gasteiger partial charge in [0.25, 0.3) is 0 Å². The van der Waals surface area contributed by atoms with Gasteiger partial charge in [0.05, 0.1) is 12.9 Å². The van der Waals surface area contributed by atoms with Gasteiger partial charge in [0.1, 0.15) is 0 Å². The molecule has 1 rings (SSSR count). The Morgan fingerprint density at radius 1 is 1.46 bits per heavy atom. The second kappa shape index (κ2) is 4.60. The number of pyridine rings is 1. The van der Waals surface area contributed by atoms with Crippen LogP contribution in [0.25, 0.3) is 0 Å². The van der Waals surface area contributed by atoms with Crippen molar-refractivity contribution in [2.24, 2.45) is 4.99 Å². The van der Waals surface area contributed by atoms with Crippen molar-refractivity contribution in [3.8, 4) is 0 Å². The molecule has 0 saturated heterocycles. The average molecular weight is 177 g/mol. The maximum Gasteiger partial charge on any atom is 0.0848 e. The maximum atomic E-state index is 4.23. The van der Waals surface area contributed by atoms with Gasteiger partial charge < -0.3 is 4.90 Å². The Hall–Kier alpha value is -1.38. The molecule has 0 radical (unpaired) electrons. The van der Waals surface area contributed by atoms with Gasteiger partial charge in [-0.05, 0) is 18.6 Å². The molecule has 0 N–H and O–H groups in total. The third kappa shape index (κ3) is 3.69. The van der Waals surface area contributed by atoms with E-state index in [1.165, 1.54) is 0 Å². The zero-order valence-corrected chi connectivity index (χ0v) is 8.36. The molecule has 1 heterocycles. The van der Waals surface area contributed by atoms with Crippen LogP contribution in [0.15, 0.2) is 23.3 Å². The predicted molar refractivity (Wildman–Crippen MR) is 54.9 cm³/mol. The maximum absolute atomic E-state index is 4.23. The summed E-state index contributed by atoms with van der Waals surface area (Å²) in [7, 11) is 3.91. The highest BCUT2D eigenvalue weighted by atomic mass is 15.1. The molecule has 0 aliphatic heterocycles. The van der Waals surface area contributed by atoms with E-state index in [1.54, 1.807) is 6.34 Å². The molecule has 13 heavy (non-hydrogen) atoms. The first-order valence-electron chi connectivity index (χ1n) is 4.26. The lowest BCUT2D eigenvalue weighted by molar-refractivity contribution is 0.638. The molecule has 0 aliphatic carbocycles. The van der Waals surface area contributed by atoms with Crippen LogP contribution >= 0.6 is 0 Å². The summed E-state index contributed by atoms with van der Waals surface area (Å²) in [6.07, 6.45) is 3.67. The molecule has 0 atom stereocenters. The molecular weight excluding hydrogens is 162 g/mol. The highest BCUT2D eigenvalue weighted by Gasteiger charge is 1.89. The summed E-state index contributed by atoms with van der Waals surface area (Å²) in [6, 6.07) is 4.05. The molecule has 3 nitrogen and oxygen atoms in total. The number of hydrogen-bond donors (Lipinski definition) is 0. The summed E-state index contributed by atoms with van der Waals surface area (Å²) in [6.45, 7) is 2.68. The van der Waals surface area contributed by atoms with Crippen molar-refractivity contribution in [1.29, 1.82) is 0 Å². The first kappa shape index (κ1) is 9.71. The lowest BCUT2D eigenvalue weighted by Gasteiger charge is -2.02. The van der Waals surface area contributed by atoms with E-state index in [-0.39, 0.29) is 0 Å². The lowest BCUT2D eigenvalue weighted by atomic mass is 10.2. The fraction of sp³-hybridized carbons (Fsp3) is 0.400. The summed E-state index contributed by atoms with van der Waals surface area (Å²) in [5, 5.41) is 0. The minimum atomic E-state index is 0.700. The van der Waals surface area contributed by atoms with Crippen molar-refractivity contribution in [2.45, 2.75) is 13.5 Å². The van der Waals surface area contributed by atoms with Crippen molar-refractivity contribution in [1.82, 2.24) is 9.88 Å². The first-order valence-corrected chi connectivity index (χ1v) is 4.26. The summed E-state index contributed by atoms with van der Waals surface area (Å²) in [5.74, 6) is 0. The molecule has 0 amide bonds. The number of hydrogen-bond acceptors (Lipinski definition) is 2. The molecule has 1 aromatic rings. The lowest BCUT2D eigenvalue weighted by Crippen LogP contribution is -2.07. The number of aromatic nitrogens is 1. The van der Waals surface area contributed by atoms with E-state index in [1.807, 2.05) is 38.2 Å². The van der Waals surface area contributed by atoms with E-state index in [4.69, 9.17) is 0 Å². The standard InChI is InChI=1S/C10H15N3/c1-9-4-5-10(7-12-9)6-11-8-13(2)3/h4-5,7-8H,6H2,1-3H3. The van der Waals surface area contributed by atoms with Crippen molar-refractivity contribution < 1.29 is 0 Å². The third-order valence-corrected chi connectivity index (χ3v) is 1.56. The van der Waals surface area contributed by atoms with Crippen LogP contribution in [-0.4, -0.2) is 30.3 Å². The van der Waals surface area contributed by atoms with Gasteiger partial charge in [-0.15, -0.1) is 0 Å². The van der Waals surface area contributed by atoms with Crippen LogP contribution < -0.4 is 0 Å². The zero-order valence-electron chi connectivity index (χ0n) is 8.36. The van der Waals surface area contributed by atoms with E-state index in [0.717, 1.165) is 11.3 Å². The molecule has 0 unspecified atom stereocenters. The van der Waals surface area contributed by atoms with Crippen LogP contribution in [0.1, 0.15) is 11.3 Å². The topological polar surface area (TPSA) is 28.5 Å². The largest absolute Gasteiger partial charge is 0.369 e. The predicted octanol–water partition coefficient (Wildman–Crippen LogP) is 1.48. The third-order valence-electron chi connectivity index (χ3n) is 1.56. The summed E-state index contributed by atoms with van der Waals surface area (Å²) in [4.78, 5) is 10.3. The minimum absolute atomic E-state index is 0.700. The van der Waals surface area contributed by atoms with E-state index in [9.17, 15) is 0 Å². The molecule has 0 fully saturated rings. The van der Waals surface area contributed by atoms with Gasteiger partial charge in [-0.3, -0.25) is 9.98 Å². The van der Waals surface area contributed by atoms with E-state index >= 15 is 0 Å². The number of nitrogens with zero attached hydrogens (tertiary/aromatic N) is 3. The smallest absolute Gasteiger partial charge is 0.0848 e. The van der Waals surface area contributed by atoms with Gasteiger partial charge in [0.2, 0.25) is 0 Å². The normalized spacial score (nSPS) is 10.7.